The van der Waals surface area contributed by atoms with E-state index in [2.05, 4.69) is 4.98 Å². The predicted molar refractivity (Wildman–Crippen MR) is 73.1 cm³/mol. The molecule has 1 saturated heterocycles. The van der Waals surface area contributed by atoms with Gasteiger partial charge in [0.15, 0.2) is 0 Å². The fourth-order valence-corrected chi connectivity index (χ4v) is 1.96. The minimum Gasteiger partial charge on any atom is -0.497 e. The van der Waals surface area contributed by atoms with Crippen molar-refractivity contribution in [3.8, 4) is 11.6 Å². The summed E-state index contributed by atoms with van der Waals surface area (Å²) in [6.07, 6.45) is 1.63. The van der Waals surface area contributed by atoms with Crippen LogP contribution in [0.25, 0.3) is 0 Å². The number of aromatic nitrogens is 1. The van der Waals surface area contributed by atoms with E-state index in [4.69, 9.17) is 18.8 Å². The number of rotatable bonds is 3. The summed E-state index contributed by atoms with van der Waals surface area (Å²) in [5.74, 6) is 1.10. The number of ether oxygens (including phenoxy) is 2. The highest BCUT2D eigenvalue weighted by molar-refractivity contribution is 6.64. The number of hydrogen-bond donors (Lipinski definition) is 0. The molecule has 0 unspecified atom stereocenters. The van der Waals surface area contributed by atoms with Crippen LogP contribution in [-0.4, -0.2) is 37.5 Å². The van der Waals surface area contributed by atoms with Gasteiger partial charge in [0.05, 0.1) is 30.9 Å². The van der Waals surface area contributed by atoms with Gasteiger partial charge in [-0.1, -0.05) is 0 Å². The van der Waals surface area contributed by atoms with Gasteiger partial charge in [-0.2, -0.15) is 0 Å². The Morgan fingerprint density at radius 2 is 1.63 bits per heavy atom. The van der Waals surface area contributed by atoms with Gasteiger partial charge >= 0.3 is 7.12 Å². The van der Waals surface area contributed by atoms with Gasteiger partial charge in [-0.3, -0.25) is 0 Å². The van der Waals surface area contributed by atoms with Crippen molar-refractivity contribution in [1.29, 1.82) is 0 Å². The van der Waals surface area contributed by atoms with Crippen LogP contribution >= 0.6 is 0 Å². The Morgan fingerprint density at radius 3 is 2.11 bits per heavy atom. The van der Waals surface area contributed by atoms with Crippen LogP contribution < -0.4 is 14.9 Å². The first-order valence-corrected chi connectivity index (χ1v) is 6.25. The molecule has 0 aromatic carbocycles. The van der Waals surface area contributed by atoms with Crippen LogP contribution in [0.5, 0.6) is 11.6 Å². The number of nitrogens with zero attached hydrogens (tertiary/aromatic N) is 1. The Kier molecular flexibility index (Phi) is 3.49. The molecule has 0 aliphatic carbocycles. The summed E-state index contributed by atoms with van der Waals surface area (Å²) in [5.41, 5.74) is -0.140. The van der Waals surface area contributed by atoms with E-state index in [1.807, 2.05) is 27.7 Å². The Bertz CT molecular complexity index is 437. The molecule has 1 aliphatic rings. The van der Waals surface area contributed by atoms with Gasteiger partial charge in [-0.25, -0.2) is 4.98 Å². The third-order valence-corrected chi connectivity index (χ3v) is 3.82. The molecule has 5 nitrogen and oxygen atoms in total. The quantitative estimate of drug-likeness (QED) is 0.773. The maximum absolute atomic E-state index is 6.01. The third-order valence-electron chi connectivity index (χ3n) is 3.82. The summed E-state index contributed by atoms with van der Waals surface area (Å²) >= 11 is 0. The molecule has 6 heteroatoms. The molecular formula is C13H20BNO4. The first-order chi connectivity index (χ1) is 8.82. The minimum atomic E-state index is -0.552. The third kappa shape index (κ3) is 2.30. The lowest BCUT2D eigenvalue weighted by Gasteiger charge is -2.32. The van der Waals surface area contributed by atoms with Gasteiger partial charge in [0.25, 0.3) is 0 Å². The van der Waals surface area contributed by atoms with Crippen molar-refractivity contribution in [2.75, 3.05) is 14.2 Å². The smallest absolute Gasteiger partial charge is 0.497 e. The monoisotopic (exact) mass is 265 g/mol. The highest BCUT2D eigenvalue weighted by Gasteiger charge is 2.53. The molecule has 1 aromatic rings. The van der Waals surface area contributed by atoms with Crippen molar-refractivity contribution in [1.82, 2.24) is 4.98 Å². The normalized spacial score (nSPS) is 20.4. The standard InChI is InChI=1S/C13H20BNO4/c1-12(2)13(3,4)19-14(18-12)10-9(16-5)7-8-15-11(10)17-6/h7-8H,1-6H3. The molecule has 0 N–H and O–H groups in total. The zero-order chi connectivity index (χ0) is 14.3. The molecule has 0 atom stereocenters. The Labute approximate surface area is 114 Å². The number of pyridine rings is 1. The molecule has 0 spiro atoms. The molecular weight excluding hydrogens is 245 g/mol. The van der Waals surface area contributed by atoms with Gasteiger partial charge in [-0.15, -0.1) is 0 Å². The van der Waals surface area contributed by atoms with Crippen molar-refractivity contribution in [2.45, 2.75) is 38.9 Å². The first-order valence-electron chi connectivity index (χ1n) is 6.25. The highest BCUT2D eigenvalue weighted by atomic mass is 16.7. The topological polar surface area (TPSA) is 49.8 Å². The van der Waals surface area contributed by atoms with Crippen molar-refractivity contribution in [3.63, 3.8) is 0 Å². The summed E-state index contributed by atoms with van der Waals surface area (Å²) in [5, 5.41) is 0. The van der Waals surface area contributed by atoms with Crippen molar-refractivity contribution < 1.29 is 18.8 Å². The van der Waals surface area contributed by atoms with Crippen LogP contribution in [0, 0.1) is 0 Å². The maximum Gasteiger partial charge on any atom is 0.504 e. The van der Waals surface area contributed by atoms with Crippen molar-refractivity contribution in [3.05, 3.63) is 12.3 Å². The first kappa shape index (κ1) is 14.2. The summed E-state index contributed by atoms with van der Waals surface area (Å²) in [7, 11) is 2.61. The van der Waals surface area contributed by atoms with Crippen LogP contribution in [0.3, 0.4) is 0 Å². The Morgan fingerprint density at radius 1 is 1.05 bits per heavy atom. The molecule has 0 saturated carbocycles. The molecule has 2 rings (SSSR count). The molecule has 104 valence electrons. The number of hydrogen-bond acceptors (Lipinski definition) is 5. The van der Waals surface area contributed by atoms with E-state index in [0.717, 1.165) is 0 Å². The fraction of sp³-hybridized carbons (Fsp3) is 0.615. The van der Waals surface area contributed by atoms with Crippen LogP contribution in [0.4, 0.5) is 0 Å². The van der Waals surface area contributed by atoms with Gasteiger partial charge in [0, 0.05) is 6.20 Å². The highest BCUT2D eigenvalue weighted by Crippen LogP contribution is 2.37. The fourth-order valence-electron chi connectivity index (χ4n) is 1.96. The van der Waals surface area contributed by atoms with E-state index in [0.29, 0.717) is 17.1 Å². The molecule has 1 aliphatic heterocycles. The van der Waals surface area contributed by atoms with Crippen molar-refractivity contribution in [2.24, 2.45) is 0 Å². The van der Waals surface area contributed by atoms with Crippen LogP contribution in [0.2, 0.25) is 0 Å². The van der Waals surface area contributed by atoms with Gasteiger partial charge < -0.3 is 18.8 Å². The van der Waals surface area contributed by atoms with Crippen LogP contribution in [0.1, 0.15) is 27.7 Å². The van der Waals surface area contributed by atoms with Gasteiger partial charge in [0.2, 0.25) is 5.88 Å². The summed E-state index contributed by atoms with van der Waals surface area (Å²) in [4.78, 5) is 4.18. The molecule has 19 heavy (non-hydrogen) atoms. The summed E-state index contributed by atoms with van der Waals surface area (Å²) in [6.45, 7) is 8.01. The zero-order valence-electron chi connectivity index (χ0n) is 12.3. The Balaban J connectivity index is 2.44. The molecule has 0 bridgehead atoms. The lowest BCUT2D eigenvalue weighted by Crippen LogP contribution is -2.41. The maximum atomic E-state index is 6.01. The van der Waals surface area contributed by atoms with E-state index in [-0.39, 0.29) is 0 Å². The average Bonchev–Trinajstić information content (AvgIpc) is 2.57. The second-order valence-corrected chi connectivity index (χ2v) is 5.52. The zero-order valence-corrected chi connectivity index (χ0v) is 12.3. The van der Waals surface area contributed by atoms with E-state index in [1.165, 1.54) is 0 Å². The van der Waals surface area contributed by atoms with Crippen LogP contribution in [0.15, 0.2) is 12.3 Å². The molecule has 1 aromatic heterocycles. The van der Waals surface area contributed by atoms with Gasteiger partial charge in [-0.05, 0) is 33.8 Å². The van der Waals surface area contributed by atoms with Crippen LogP contribution in [-0.2, 0) is 9.31 Å². The lowest BCUT2D eigenvalue weighted by atomic mass is 9.79. The SMILES string of the molecule is COc1ccnc(OC)c1B1OC(C)(C)C(C)(C)O1. The Hall–Kier alpha value is -1.27. The largest absolute Gasteiger partial charge is 0.504 e. The molecule has 0 amide bonds. The molecule has 2 heterocycles. The summed E-state index contributed by atoms with van der Waals surface area (Å²) < 4.78 is 22.7. The van der Waals surface area contributed by atoms with Crippen molar-refractivity contribution >= 4 is 12.6 Å². The van der Waals surface area contributed by atoms with E-state index in [1.54, 1.807) is 26.5 Å². The lowest BCUT2D eigenvalue weighted by molar-refractivity contribution is 0.00578. The average molecular weight is 265 g/mol. The minimum absolute atomic E-state index is 0.413. The molecule has 1 fully saturated rings. The second-order valence-electron chi connectivity index (χ2n) is 5.52. The second kappa shape index (κ2) is 4.69. The summed E-state index contributed by atoms with van der Waals surface area (Å²) in [6, 6.07) is 1.77. The van der Waals surface area contributed by atoms with E-state index in [9.17, 15) is 0 Å². The van der Waals surface area contributed by atoms with Gasteiger partial charge in [0.1, 0.15) is 5.75 Å². The van der Waals surface area contributed by atoms with E-state index >= 15 is 0 Å². The predicted octanol–water partition coefficient (Wildman–Crippen LogP) is 1.40. The van der Waals surface area contributed by atoms with E-state index < -0.39 is 18.3 Å². The molecule has 0 radical (unpaired) electrons. The number of methoxy groups -OCH3 is 2.